The second-order valence-corrected chi connectivity index (χ2v) is 11.1. The van der Waals surface area contributed by atoms with Crippen molar-refractivity contribution in [1.82, 2.24) is 20.5 Å². The van der Waals surface area contributed by atoms with E-state index < -0.39 is 0 Å². The SMILES string of the molecule is CC(=O)NC1CC[C@]2(CNCC2C(=O)N2CCCCC2C2CCCCC2)c2ccc(Cl)nc21. The predicted octanol–water partition coefficient (Wildman–Crippen LogP) is 4.12. The third-order valence-corrected chi connectivity index (χ3v) is 9.00. The zero-order valence-corrected chi connectivity index (χ0v) is 20.5. The molecule has 3 fully saturated rings. The summed E-state index contributed by atoms with van der Waals surface area (Å²) in [5.41, 5.74) is 1.65. The van der Waals surface area contributed by atoms with Crippen molar-refractivity contribution in [3.63, 3.8) is 0 Å². The summed E-state index contributed by atoms with van der Waals surface area (Å²) >= 11 is 6.28. The molecule has 3 unspecified atom stereocenters. The quantitative estimate of drug-likeness (QED) is 0.649. The van der Waals surface area contributed by atoms with Crippen LogP contribution in [0, 0.1) is 11.8 Å². The lowest BCUT2D eigenvalue weighted by atomic mass is 9.64. The van der Waals surface area contributed by atoms with Gasteiger partial charge in [0.05, 0.1) is 17.7 Å². The van der Waals surface area contributed by atoms with E-state index >= 15 is 0 Å². The maximum atomic E-state index is 14.2. The van der Waals surface area contributed by atoms with Crippen LogP contribution in [0.15, 0.2) is 12.1 Å². The summed E-state index contributed by atoms with van der Waals surface area (Å²) in [5.74, 6) is 0.830. The van der Waals surface area contributed by atoms with Crippen molar-refractivity contribution in [1.29, 1.82) is 0 Å². The van der Waals surface area contributed by atoms with Gasteiger partial charge in [0.1, 0.15) is 5.15 Å². The van der Waals surface area contributed by atoms with Gasteiger partial charge in [-0.3, -0.25) is 9.59 Å². The molecule has 1 aromatic rings. The average Bonchev–Trinajstić information content (AvgIpc) is 3.25. The highest BCUT2D eigenvalue weighted by atomic mass is 35.5. The average molecular weight is 473 g/mol. The van der Waals surface area contributed by atoms with Crippen LogP contribution in [0.5, 0.6) is 0 Å². The van der Waals surface area contributed by atoms with E-state index in [0.29, 0.717) is 29.6 Å². The molecule has 5 rings (SSSR count). The number of nitrogens with zero attached hydrogens (tertiary/aromatic N) is 2. The Morgan fingerprint density at radius 1 is 1.12 bits per heavy atom. The maximum Gasteiger partial charge on any atom is 0.228 e. The molecular weight excluding hydrogens is 436 g/mol. The van der Waals surface area contributed by atoms with Crippen LogP contribution in [-0.2, 0) is 15.0 Å². The lowest BCUT2D eigenvalue weighted by Crippen LogP contribution is -2.54. The Bertz CT molecular complexity index is 902. The highest BCUT2D eigenvalue weighted by molar-refractivity contribution is 6.29. The largest absolute Gasteiger partial charge is 0.348 e. The van der Waals surface area contributed by atoms with Gasteiger partial charge in [-0.05, 0) is 62.5 Å². The number of carbonyl (C=O) groups is 2. The summed E-state index contributed by atoms with van der Waals surface area (Å²) in [6.45, 7) is 3.92. The number of halogens is 1. The van der Waals surface area contributed by atoms with Crippen molar-refractivity contribution in [2.75, 3.05) is 19.6 Å². The van der Waals surface area contributed by atoms with E-state index in [2.05, 4.69) is 26.6 Å². The van der Waals surface area contributed by atoms with Gasteiger partial charge in [0.2, 0.25) is 11.8 Å². The molecule has 3 heterocycles. The van der Waals surface area contributed by atoms with Crippen molar-refractivity contribution in [2.24, 2.45) is 11.8 Å². The van der Waals surface area contributed by atoms with Crippen LogP contribution < -0.4 is 10.6 Å². The number of likely N-dealkylation sites (tertiary alicyclic amines) is 1. The summed E-state index contributed by atoms with van der Waals surface area (Å²) in [7, 11) is 0. The second kappa shape index (κ2) is 9.53. The number of hydrogen-bond donors (Lipinski definition) is 2. The fraction of sp³-hybridized carbons (Fsp3) is 0.731. The fourth-order valence-electron chi connectivity index (χ4n) is 7.26. The predicted molar refractivity (Wildman–Crippen MR) is 129 cm³/mol. The lowest BCUT2D eigenvalue weighted by molar-refractivity contribution is -0.142. The normalized spacial score (nSPS) is 32.5. The van der Waals surface area contributed by atoms with Gasteiger partial charge in [0, 0.05) is 38.0 Å². The third-order valence-electron chi connectivity index (χ3n) is 8.79. The molecule has 1 saturated carbocycles. The highest BCUT2D eigenvalue weighted by Gasteiger charge is 2.53. The van der Waals surface area contributed by atoms with Crippen molar-refractivity contribution in [3.8, 4) is 0 Å². The molecule has 0 bridgehead atoms. The molecule has 0 radical (unpaired) electrons. The third kappa shape index (κ3) is 4.29. The summed E-state index contributed by atoms with van der Waals surface area (Å²) in [6.07, 6.45) is 11.6. The van der Waals surface area contributed by atoms with Crippen LogP contribution in [0.1, 0.15) is 88.4 Å². The Morgan fingerprint density at radius 2 is 1.91 bits per heavy atom. The molecule has 2 N–H and O–H groups in total. The maximum absolute atomic E-state index is 14.2. The lowest BCUT2D eigenvalue weighted by Gasteiger charge is -2.47. The van der Waals surface area contributed by atoms with Gasteiger partial charge in [0.15, 0.2) is 0 Å². The van der Waals surface area contributed by atoms with Crippen LogP contribution in [0.2, 0.25) is 5.15 Å². The van der Waals surface area contributed by atoms with Gasteiger partial charge in [0.25, 0.3) is 0 Å². The van der Waals surface area contributed by atoms with E-state index in [1.165, 1.54) is 38.5 Å². The molecule has 180 valence electrons. The molecule has 33 heavy (non-hydrogen) atoms. The summed E-state index contributed by atoms with van der Waals surface area (Å²) in [6, 6.07) is 4.15. The second-order valence-electron chi connectivity index (χ2n) is 10.7. The Labute approximate surface area is 202 Å². The van der Waals surface area contributed by atoms with Gasteiger partial charge >= 0.3 is 0 Å². The van der Waals surface area contributed by atoms with Crippen molar-refractivity contribution < 1.29 is 9.59 Å². The Balaban J connectivity index is 1.46. The van der Waals surface area contributed by atoms with Crippen LogP contribution in [0.25, 0.3) is 0 Å². The Morgan fingerprint density at radius 3 is 2.70 bits per heavy atom. The molecule has 4 atom stereocenters. The molecule has 2 amide bonds. The monoisotopic (exact) mass is 472 g/mol. The number of fused-ring (bicyclic) bond motifs is 2. The fourth-order valence-corrected chi connectivity index (χ4v) is 7.42. The Hall–Kier alpha value is -1.66. The number of hydrogen-bond acceptors (Lipinski definition) is 4. The molecule has 7 heteroatoms. The van der Waals surface area contributed by atoms with E-state index in [1.54, 1.807) is 6.92 Å². The standard InChI is InChI=1S/C26H37ClN4O2/c1-17(32)29-21-12-13-26(19-10-11-23(27)30-24(19)21)16-28-15-20(26)25(33)31-14-6-5-9-22(31)18-7-3-2-4-8-18/h10-11,18,20-22,28H,2-9,12-16H2,1H3,(H,29,32)/t20?,21?,22?,26-/m0/s1. The van der Waals surface area contributed by atoms with Crippen molar-refractivity contribution in [2.45, 2.75) is 88.6 Å². The first-order valence-electron chi connectivity index (χ1n) is 12.9. The number of carbonyl (C=O) groups excluding carboxylic acids is 2. The number of nitrogens with one attached hydrogen (secondary N) is 2. The van der Waals surface area contributed by atoms with E-state index in [-0.39, 0.29) is 23.3 Å². The smallest absolute Gasteiger partial charge is 0.228 e. The molecular formula is C26H37ClN4O2. The highest BCUT2D eigenvalue weighted by Crippen LogP contribution is 2.49. The molecule has 1 aromatic heterocycles. The van der Waals surface area contributed by atoms with Crippen LogP contribution in [0.3, 0.4) is 0 Å². The molecule has 0 aromatic carbocycles. The van der Waals surface area contributed by atoms with E-state index in [9.17, 15) is 9.59 Å². The van der Waals surface area contributed by atoms with E-state index in [4.69, 9.17) is 11.6 Å². The van der Waals surface area contributed by atoms with Gasteiger partial charge < -0.3 is 15.5 Å². The minimum Gasteiger partial charge on any atom is -0.348 e. The number of amides is 2. The van der Waals surface area contributed by atoms with E-state index in [0.717, 1.165) is 50.0 Å². The van der Waals surface area contributed by atoms with Gasteiger partial charge in [-0.1, -0.05) is 36.9 Å². The number of piperidine rings is 1. The van der Waals surface area contributed by atoms with Crippen LogP contribution in [-0.4, -0.2) is 47.4 Å². The topological polar surface area (TPSA) is 74.3 Å². The summed E-state index contributed by atoms with van der Waals surface area (Å²) < 4.78 is 0. The molecule has 4 aliphatic rings. The molecule has 2 aliphatic carbocycles. The molecule has 2 saturated heterocycles. The molecule has 1 spiro atoms. The minimum absolute atomic E-state index is 0.0653. The van der Waals surface area contributed by atoms with E-state index in [1.807, 2.05) is 6.07 Å². The molecule has 2 aliphatic heterocycles. The zero-order chi connectivity index (χ0) is 23.0. The number of rotatable bonds is 3. The first kappa shape index (κ1) is 23.1. The van der Waals surface area contributed by atoms with Crippen molar-refractivity contribution in [3.05, 3.63) is 28.5 Å². The molecule has 6 nitrogen and oxygen atoms in total. The van der Waals surface area contributed by atoms with Gasteiger partial charge in [-0.2, -0.15) is 0 Å². The zero-order valence-electron chi connectivity index (χ0n) is 19.7. The summed E-state index contributed by atoms with van der Waals surface area (Å²) in [5, 5.41) is 7.05. The van der Waals surface area contributed by atoms with Crippen LogP contribution in [0.4, 0.5) is 0 Å². The van der Waals surface area contributed by atoms with Gasteiger partial charge in [-0.15, -0.1) is 0 Å². The Kier molecular flexibility index (Phi) is 6.67. The van der Waals surface area contributed by atoms with Crippen LogP contribution >= 0.6 is 11.6 Å². The number of aromatic nitrogens is 1. The summed E-state index contributed by atoms with van der Waals surface area (Å²) in [4.78, 5) is 33.0. The number of pyridine rings is 1. The minimum atomic E-state index is -0.284. The first-order valence-corrected chi connectivity index (χ1v) is 13.3. The van der Waals surface area contributed by atoms with Crippen molar-refractivity contribution >= 4 is 23.4 Å². The first-order chi connectivity index (χ1) is 16.0. The van der Waals surface area contributed by atoms with Gasteiger partial charge in [-0.25, -0.2) is 4.98 Å².